The van der Waals surface area contributed by atoms with Gasteiger partial charge in [0.15, 0.2) is 11.5 Å². The topological polar surface area (TPSA) is 101 Å². The number of likely N-dealkylation sites (tertiary alicyclic amines) is 1. The van der Waals surface area contributed by atoms with Gasteiger partial charge in [0, 0.05) is 42.3 Å². The van der Waals surface area contributed by atoms with Crippen LogP contribution in [0.3, 0.4) is 0 Å². The van der Waals surface area contributed by atoms with Crippen LogP contribution in [0.4, 0.5) is 13.2 Å². The number of hydrogen-bond acceptors (Lipinski definition) is 6. The zero-order valence-electron chi connectivity index (χ0n) is 20.8. The minimum Gasteiger partial charge on any atom is -0.350 e. The first-order chi connectivity index (χ1) is 17.5. The maximum atomic E-state index is 14.2. The largest absolute Gasteiger partial charge is 0.408 e. The molecule has 11 heteroatoms. The van der Waals surface area contributed by atoms with E-state index in [4.69, 9.17) is 10.7 Å². The Kier molecular flexibility index (Phi) is 6.36. The first kappa shape index (κ1) is 25.1. The lowest BCUT2D eigenvalue weighted by atomic mass is 10.0. The van der Waals surface area contributed by atoms with Crippen molar-refractivity contribution < 1.29 is 18.0 Å². The number of nitrogens with zero attached hydrogens (tertiary/aromatic N) is 5. The average Bonchev–Trinajstić information content (AvgIpc) is 3.44. The van der Waals surface area contributed by atoms with Crippen molar-refractivity contribution in [2.75, 3.05) is 13.1 Å². The molecule has 1 aliphatic rings. The molecule has 4 aromatic rings. The summed E-state index contributed by atoms with van der Waals surface area (Å²) in [5.41, 5.74) is 8.65. The van der Waals surface area contributed by atoms with Gasteiger partial charge < -0.3 is 11.1 Å². The molecule has 1 aromatic carbocycles. The summed E-state index contributed by atoms with van der Waals surface area (Å²) in [6.45, 7) is 6.04. The highest BCUT2D eigenvalue weighted by molar-refractivity contribution is 6.00. The summed E-state index contributed by atoms with van der Waals surface area (Å²) in [6.07, 6.45) is -2.53. The fraction of sp³-hybridized carbons (Fsp3) is 0.385. The normalized spacial score (nSPS) is 17.7. The van der Waals surface area contributed by atoms with E-state index < -0.39 is 12.2 Å². The molecule has 0 radical (unpaired) electrons. The number of aryl methyl sites for hydroxylation is 1. The Balaban J connectivity index is 1.59. The van der Waals surface area contributed by atoms with Gasteiger partial charge in [0.2, 0.25) is 0 Å². The average molecular weight is 512 g/mol. The van der Waals surface area contributed by atoms with Gasteiger partial charge in [0.1, 0.15) is 11.7 Å². The van der Waals surface area contributed by atoms with Crippen LogP contribution >= 0.6 is 0 Å². The molecule has 5 rings (SSSR count). The van der Waals surface area contributed by atoms with Gasteiger partial charge in [-0.2, -0.15) is 13.2 Å². The molecule has 0 aliphatic carbocycles. The van der Waals surface area contributed by atoms with Gasteiger partial charge in [0.25, 0.3) is 5.91 Å². The van der Waals surface area contributed by atoms with Crippen LogP contribution in [0.2, 0.25) is 0 Å². The van der Waals surface area contributed by atoms with E-state index in [9.17, 15) is 18.0 Å². The molecule has 1 saturated heterocycles. The number of rotatable bonds is 5. The van der Waals surface area contributed by atoms with Crippen LogP contribution in [0.25, 0.3) is 28.1 Å². The third kappa shape index (κ3) is 4.76. The highest BCUT2D eigenvalue weighted by Gasteiger charge is 2.46. The van der Waals surface area contributed by atoms with E-state index in [2.05, 4.69) is 15.5 Å². The third-order valence-corrected chi connectivity index (χ3v) is 6.68. The van der Waals surface area contributed by atoms with Gasteiger partial charge >= 0.3 is 6.18 Å². The zero-order chi connectivity index (χ0) is 26.5. The van der Waals surface area contributed by atoms with Gasteiger partial charge in [-0.1, -0.05) is 18.2 Å². The molecule has 37 heavy (non-hydrogen) atoms. The van der Waals surface area contributed by atoms with Gasteiger partial charge in [-0.15, -0.1) is 10.2 Å². The van der Waals surface area contributed by atoms with E-state index in [0.717, 1.165) is 5.39 Å². The van der Waals surface area contributed by atoms with Crippen LogP contribution in [-0.2, 0) is 0 Å². The van der Waals surface area contributed by atoms with Crippen LogP contribution in [0, 0.1) is 6.92 Å². The van der Waals surface area contributed by atoms with E-state index in [0.29, 0.717) is 40.2 Å². The van der Waals surface area contributed by atoms with Crippen molar-refractivity contribution in [3.05, 3.63) is 59.3 Å². The Labute approximate surface area is 211 Å². The van der Waals surface area contributed by atoms with Crippen molar-refractivity contribution in [3.8, 4) is 11.5 Å². The predicted molar refractivity (Wildman–Crippen MR) is 134 cm³/mol. The van der Waals surface area contributed by atoms with Crippen molar-refractivity contribution in [1.82, 2.24) is 29.8 Å². The maximum Gasteiger partial charge on any atom is 0.408 e. The Morgan fingerprint density at radius 2 is 1.89 bits per heavy atom. The molecule has 2 atom stereocenters. The summed E-state index contributed by atoms with van der Waals surface area (Å²) in [6, 6.07) is 8.07. The number of benzene rings is 1. The number of amides is 1. The monoisotopic (exact) mass is 511 g/mol. The summed E-state index contributed by atoms with van der Waals surface area (Å²) in [4.78, 5) is 18.8. The molecule has 3 aromatic heterocycles. The predicted octanol–water partition coefficient (Wildman–Crippen LogP) is 4.03. The molecule has 8 nitrogen and oxygen atoms in total. The minimum absolute atomic E-state index is 0.0183. The summed E-state index contributed by atoms with van der Waals surface area (Å²) < 4.78 is 44.0. The number of halogens is 3. The minimum atomic E-state index is -4.48. The number of carbonyl (C=O) groups is 1. The Morgan fingerprint density at radius 3 is 2.57 bits per heavy atom. The Hall–Kier alpha value is -3.57. The number of pyridine rings is 2. The second-order valence-electron chi connectivity index (χ2n) is 9.84. The lowest BCUT2D eigenvalue weighted by Gasteiger charge is -2.30. The van der Waals surface area contributed by atoms with E-state index in [1.807, 2.05) is 32.9 Å². The smallest absolute Gasteiger partial charge is 0.350 e. The first-order valence-corrected chi connectivity index (χ1v) is 12.2. The van der Waals surface area contributed by atoms with Gasteiger partial charge in [-0.05, 0) is 56.5 Å². The number of alkyl halides is 3. The number of hydrogen-bond donors (Lipinski definition) is 2. The molecule has 1 aliphatic heterocycles. The molecular weight excluding hydrogens is 483 g/mol. The number of aromatic nitrogens is 4. The van der Waals surface area contributed by atoms with Gasteiger partial charge in [0.05, 0.1) is 5.52 Å². The van der Waals surface area contributed by atoms with Gasteiger partial charge in [-0.3, -0.25) is 14.1 Å². The molecule has 0 saturated carbocycles. The van der Waals surface area contributed by atoms with Crippen molar-refractivity contribution >= 4 is 22.5 Å². The van der Waals surface area contributed by atoms with Crippen molar-refractivity contribution in [3.63, 3.8) is 0 Å². The molecule has 0 spiro atoms. The van der Waals surface area contributed by atoms with E-state index in [-0.39, 0.29) is 36.6 Å². The molecule has 3 N–H and O–H groups in total. The maximum absolute atomic E-state index is 14.2. The number of nitrogens with one attached hydrogen (secondary N) is 1. The molecule has 194 valence electrons. The van der Waals surface area contributed by atoms with Gasteiger partial charge in [-0.25, -0.2) is 4.98 Å². The molecule has 1 amide bonds. The number of nitrogens with two attached hydrogens (primary N) is 1. The van der Waals surface area contributed by atoms with Crippen molar-refractivity contribution in [2.24, 2.45) is 5.73 Å². The summed E-state index contributed by atoms with van der Waals surface area (Å²) in [7, 11) is 0. The van der Waals surface area contributed by atoms with E-state index >= 15 is 0 Å². The SMILES string of the molecule is Cc1c(C(=O)NC(C)C)ccc2ccc(-c3nnc4ccc([C@@H](N5CC[C@H](N)C5)C(F)(F)F)cn34)nc12. The van der Waals surface area contributed by atoms with Crippen molar-refractivity contribution in [1.29, 1.82) is 0 Å². The summed E-state index contributed by atoms with van der Waals surface area (Å²) >= 11 is 0. The van der Waals surface area contributed by atoms with Crippen LogP contribution < -0.4 is 11.1 Å². The molecular formula is C26H28F3N7O. The van der Waals surface area contributed by atoms with Crippen LogP contribution in [0.15, 0.2) is 42.6 Å². The summed E-state index contributed by atoms with van der Waals surface area (Å²) in [5.74, 6) is 0.119. The second kappa shape index (κ2) is 9.38. The second-order valence-corrected chi connectivity index (χ2v) is 9.84. The quantitative estimate of drug-likeness (QED) is 0.420. The molecule has 0 unspecified atom stereocenters. The zero-order valence-corrected chi connectivity index (χ0v) is 20.8. The Morgan fingerprint density at radius 1 is 1.14 bits per heavy atom. The lowest BCUT2D eigenvalue weighted by Crippen LogP contribution is -2.38. The highest BCUT2D eigenvalue weighted by atomic mass is 19.4. The Bertz CT molecular complexity index is 1480. The fourth-order valence-corrected chi connectivity index (χ4v) is 4.94. The number of fused-ring (bicyclic) bond motifs is 2. The van der Waals surface area contributed by atoms with E-state index in [1.165, 1.54) is 27.6 Å². The highest BCUT2D eigenvalue weighted by Crippen LogP contribution is 2.39. The molecule has 4 heterocycles. The summed E-state index contributed by atoms with van der Waals surface area (Å²) in [5, 5.41) is 12.1. The molecule has 1 fully saturated rings. The standard InChI is InChI=1S/C26H28F3N7O/c1-14(2)31-25(37)19-7-4-16-5-8-20(32-22(16)15(19)3)24-34-33-21-9-6-17(12-36(21)24)23(26(27,28)29)35-11-10-18(30)13-35/h4-9,12,14,18,23H,10-11,13,30H2,1-3H3,(H,31,37)/t18-,23+/m0/s1. The fourth-order valence-electron chi connectivity index (χ4n) is 4.94. The van der Waals surface area contributed by atoms with Crippen molar-refractivity contribution in [2.45, 2.75) is 51.5 Å². The first-order valence-electron chi connectivity index (χ1n) is 12.2. The molecule has 0 bridgehead atoms. The third-order valence-electron chi connectivity index (χ3n) is 6.68. The van der Waals surface area contributed by atoms with Crippen LogP contribution in [0.1, 0.15) is 47.8 Å². The van der Waals surface area contributed by atoms with E-state index in [1.54, 1.807) is 12.1 Å². The van der Waals surface area contributed by atoms with Crippen LogP contribution in [0.5, 0.6) is 0 Å². The van der Waals surface area contributed by atoms with Crippen LogP contribution in [-0.4, -0.2) is 61.7 Å². The number of carbonyl (C=O) groups excluding carboxylic acids is 1. The lowest BCUT2D eigenvalue weighted by molar-refractivity contribution is -0.183.